The van der Waals surface area contributed by atoms with Crippen LogP contribution in [0.1, 0.15) is 10.6 Å². The average molecular weight is 428 g/mol. The van der Waals surface area contributed by atoms with Gasteiger partial charge in [0.25, 0.3) is 5.91 Å². The van der Waals surface area contributed by atoms with Crippen LogP contribution in [0.3, 0.4) is 0 Å². The number of nitro groups is 1. The van der Waals surface area contributed by atoms with Crippen LogP contribution in [-0.2, 0) is 0 Å². The van der Waals surface area contributed by atoms with Crippen LogP contribution in [-0.4, -0.2) is 15.8 Å². The molecule has 0 aliphatic carbocycles. The van der Waals surface area contributed by atoms with E-state index in [0.717, 1.165) is 16.1 Å². The number of hydrogen-bond donors (Lipinski definition) is 1. The van der Waals surface area contributed by atoms with E-state index >= 15 is 0 Å². The maximum absolute atomic E-state index is 12.2. The molecule has 0 aliphatic heterocycles. The minimum Gasteiger partial charge on any atom is -0.436 e. The zero-order valence-corrected chi connectivity index (χ0v) is 15.1. The van der Waals surface area contributed by atoms with Gasteiger partial charge < -0.3 is 14.2 Å². The van der Waals surface area contributed by atoms with Crippen molar-refractivity contribution in [1.82, 2.24) is 4.98 Å². The van der Waals surface area contributed by atoms with Crippen LogP contribution in [0.25, 0.3) is 22.6 Å². The van der Waals surface area contributed by atoms with Crippen molar-refractivity contribution < 1.29 is 18.6 Å². The van der Waals surface area contributed by atoms with E-state index in [0.29, 0.717) is 22.7 Å². The van der Waals surface area contributed by atoms with Gasteiger partial charge in [-0.2, -0.15) is 0 Å². The lowest BCUT2D eigenvalue weighted by Crippen LogP contribution is -2.10. The zero-order chi connectivity index (χ0) is 19.0. The summed E-state index contributed by atoms with van der Waals surface area (Å²) in [6.45, 7) is 0. The van der Waals surface area contributed by atoms with Gasteiger partial charge in [0, 0.05) is 10.2 Å². The molecule has 134 valence electrons. The summed E-state index contributed by atoms with van der Waals surface area (Å²) in [6.07, 6.45) is 0. The summed E-state index contributed by atoms with van der Waals surface area (Å²) < 4.78 is 11.5. The molecule has 0 saturated carbocycles. The predicted octanol–water partition coefficient (Wildman–Crippen LogP) is 5.01. The highest BCUT2D eigenvalue weighted by Gasteiger charge is 2.18. The lowest BCUT2D eigenvalue weighted by molar-refractivity contribution is -0.402. The van der Waals surface area contributed by atoms with Crippen LogP contribution in [0.5, 0.6) is 0 Å². The van der Waals surface area contributed by atoms with Crippen LogP contribution >= 0.6 is 15.9 Å². The van der Waals surface area contributed by atoms with E-state index < -0.39 is 16.7 Å². The molecule has 4 aromatic rings. The summed E-state index contributed by atoms with van der Waals surface area (Å²) in [6, 6.07) is 14.9. The standard InChI is InChI=1S/C18H10BrN3O5/c19-12-4-2-1-3-11(12)18-21-13-9-10(5-6-14(13)27-18)20-17(23)15-7-8-16(26-15)22(24)25/h1-9H,(H,20,23). The van der Waals surface area contributed by atoms with Crippen molar-refractivity contribution >= 4 is 44.5 Å². The smallest absolute Gasteiger partial charge is 0.433 e. The number of halogens is 1. The largest absolute Gasteiger partial charge is 0.436 e. The number of furan rings is 1. The number of anilines is 1. The highest BCUT2D eigenvalue weighted by Crippen LogP contribution is 2.31. The molecule has 0 saturated heterocycles. The van der Waals surface area contributed by atoms with E-state index in [1.54, 1.807) is 18.2 Å². The van der Waals surface area contributed by atoms with Crippen molar-refractivity contribution in [2.45, 2.75) is 0 Å². The second kappa shape index (κ2) is 6.69. The molecule has 4 rings (SSSR count). The molecular weight excluding hydrogens is 418 g/mol. The number of carbonyl (C=O) groups is 1. The third-order valence-corrected chi connectivity index (χ3v) is 4.44. The summed E-state index contributed by atoms with van der Waals surface area (Å²) in [5.74, 6) is -0.805. The lowest BCUT2D eigenvalue weighted by Gasteiger charge is -2.01. The fourth-order valence-electron chi connectivity index (χ4n) is 2.50. The summed E-state index contributed by atoms with van der Waals surface area (Å²) in [4.78, 5) is 26.6. The first-order valence-corrected chi connectivity index (χ1v) is 8.51. The van der Waals surface area contributed by atoms with Gasteiger partial charge in [-0.25, -0.2) is 4.98 Å². The summed E-state index contributed by atoms with van der Waals surface area (Å²) >= 11 is 3.46. The minimum atomic E-state index is -0.707. The number of oxazole rings is 1. The zero-order valence-electron chi connectivity index (χ0n) is 13.5. The fraction of sp³-hybridized carbons (Fsp3) is 0. The Kier molecular flexibility index (Phi) is 4.21. The molecule has 0 bridgehead atoms. The van der Waals surface area contributed by atoms with Gasteiger partial charge >= 0.3 is 5.88 Å². The van der Waals surface area contributed by atoms with Gasteiger partial charge in [0.1, 0.15) is 10.4 Å². The van der Waals surface area contributed by atoms with Crippen molar-refractivity contribution in [3.63, 3.8) is 0 Å². The van der Waals surface area contributed by atoms with Gasteiger partial charge in [-0.15, -0.1) is 0 Å². The molecule has 0 unspecified atom stereocenters. The molecular formula is C18H10BrN3O5. The minimum absolute atomic E-state index is 0.157. The third kappa shape index (κ3) is 3.32. The van der Waals surface area contributed by atoms with Crippen LogP contribution in [0.15, 0.2) is 67.9 Å². The Morgan fingerprint density at radius 3 is 2.67 bits per heavy atom. The molecule has 0 spiro atoms. The van der Waals surface area contributed by atoms with Crippen molar-refractivity contribution in [2.24, 2.45) is 0 Å². The highest BCUT2D eigenvalue weighted by atomic mass is 79.9. The summed E-state index contributed by atoms with van der Waals surface area (Å²) in [5, 5.41) is 13.3. The SMILES string of the molecule is O=C(Nc1ccc2oc(-c3ccccc3Br)nc2c1)c1ccc([N+](=O)[O-])o1. The van der Waals surface area contributed by atoms with Gasteiger partial charge in [-0.05, 0) is 52.3 Å². The maximum Gasteiger partial charge on any atom is 0.433 e. The molecule has 2 aromatic carbocycles. The Morgan fingerprint density at radius 1 is 1.11 bits per heavy atom. The Morgan fingerprint density at radius 2 is 1.93 bits per heavy atom. The van der Waals surface area contributed by atoms with Gasteiger partial charge in [-0.3, -0.25) is 14.9 Å². The highest BCUT2D eigenvalue weighted by molar-refractivity contribution is 9.10. The number of nitrogens with zero attached hydrogens (tertiary/aromatic N) is 2. The van der Waals surface area contributed by atoms with Crippen LogP contribution in [0.4, 0.5) is 11.6 Å². The molecule has 8 nitrogen and oxygen atoms in total. The molecule has 1 N–H and O–H groups in total. The fourth-order valence-corrected chi connectivity index (χ4v) is 2.95. The molecule has 0 aliphatic rings. The van der Waals surface area contributed by atoms with Gasteiger partial charge in [0.2, 0.25) is 5.89 Å². The van der Waals surface area contributed by atoms with E-state index in [9.17, 15) is 14.9 Å². The van der Waals surface area contributed by atoms with E-state index in [4.69, 9.17) is 8.83 Å². The molecule has 0 atom stereocenters. The number of amides is 1. The van der Waals surface area contributed by atoms with Gasteiger partial charge in [-0.1, -0.05) is 12.1 Å². The first-order valence-electron chi connectivity index (χ1n) is 7.72. The number of nitrogens with one attached hydrogen (secondary N) is 1. The lowest BCUT2D eigenvalue weighted by atomic mass is 10.2. The Hall–Kier alpha value is -3.46. The summed E-state index contributed by atoms with van der Waals surface area (Å²) in [7, 11) is 0. The quantitative estimate of drug-likeness (QED) is 0.361. The van der Waals surface area contributed by atoms with Crippen molar-refractivity contribution in [2.75, 3.05) is 5.32 Å². The second-order valence-electron chi connectivity index (χ2n) is 5.53. The molecule has 1 amide bonds. The van der Waals surface area contributed by atoms with Crippen LogP contribution in [0.2, 0.25) is 0 Å². The monoisotopic (exact) mass is 427 g/mol. The van der Waals surface area contributed by atoms with Crippen molar-refractivity contribution in [3.05, 3.63) is 74.9 Å². The molecule has 2 heterocycles. The Labute approximate surface area is 160 Å². The number of carbonyl (C=O) groups excluding carboxylic acids is 1. The van der Waals surface area contributed by atoms with Gasteiger partial charge in [0.05, 0.1) is 11.6 Å². The Balaban J connectivity index is 1.60. The van der Waals surface area contributed by atoms with Crippen LogP contribution in [0, 0.1) is 10.1 Å². The first-order chi connectivity index (χ1) is 13.0. The van der Waals surface area contributed by atoms with E-state index in [1.807, 2.05) is 24.3 Å². The third-order valence-electron chi connectivity index (χ3n) is 3.75. The Bertz CT molecular complexity index is 1180. The predicted molar refractivity (Wildman–Crippen MR) is 100 cm³/mol. The molecule has 9 heteroatoms. The second-order valence-corrected chi connectivity index (χ2v) is 6.38. The van der Waals surface area contributed by atoms with Gasteiger partial charge in [0.15, 0.2) is 11.3 Å². The molecule has 0 fully saturated rings. The van der Waals surface area contributed by atoms with Crippen LogP contribution < -0.4 is 5.32 Å². The van der Waals surface area contributed by atoms with Crippen molar-refractivity contribution in [1.29, 1.82) is 0 Å². The first kappa shape index (κ1) is 17.0. The number of fused-ring (bicyclic) bond motifs is 1. The number of benzene rings is 2. The van der Waals surface area contributed by atoms with E-state index in [2.05, 4.69) is 26.2 Å². The normalized spacial score (nSPS) is 10.9. The average Bonchev–Trinajstić information content (AvgIpc) is 3.29. The van der Waals surface area contributed by atoms with E-state index in [1.165, 1.54) is 6.07 Å². The van der Waals surface area contributed by atoms with Crippen molar-refractivity contribution in [3.8, 4) is 11.5 Å². The molecule has 0 radical (unpaired) electrons. The number of aromatic nitrogens is 1. The van der Waals surface area contributed by atoms with E-state index in [-0.39, 0.29) is 5.76 Å². The topological polar surface area (TPSA) is 111 Å². The number of rotatable bonds is 4. The number of hydrogen-bond acceptors (Lipinski definition) is 6. The molecule has 27 heavy (non-hydrogen) atoms. The molecule has 2 aromatic heterocycles. The maximum atomic E-state index is 12.2. The summed E-state index contributed by atoms with van der Waals surface area (Å²) in [5.41, 5.74) is 2.39.